The highest BCUT2D eigenvalue weighted by molar-refractivity contribution is 7.91. The topological polar surface area (TPSA) is 102 Å². The minimum Gasteiger partial charge on any atom is -0.399 e. The van der Waals surface area contributed by atoms with Gasteiger partial charge in [-0.1, -0.05) is 5.16 Å². The number of hydrogen-bond acceptors (Lipinski definition) is 8. The molecule has 1 aromatic carbocycles. The Bertz CT molecular complexity index is 1040. The molecule has 1 heterocycles. The summed E-state index contributed by atoms with van der Waals surface area (Å²) in [5, 5.41) is 5.40. The van der Waals surface area contributed by atoms with E-state index in [1.165, 1.54) is 31.4 Å². The molecule has 0 N–H and O–H groups in total. The lowest BCUT2D eigenvalue weighted by atomic mass is 9.86. The molecule has 156 valence electrons. The Morgan fingerprint density at radius 3 is 2.55 bits per heavy atom. The standard InChI is InChI=1S/C20H24N2O6S/c1-12-13(20(24)19-15(22(2)28-4)6-5-7-16(19)23)8-9-17-18(12)14(21-27-3)10-11-29(17,25)26/h8-9H,5-7,10-11H2,1-4H3. The van der Waals surface area contributed by atoms with E-state index in [4.69, 9.17) is 9.68 Å². The third-order valence-electron chi connectivity index (χ3n) is 5.37. The van der Waals surface area contributed by atoms with E-state index in [1.54, 1.807) is 14.0 Å². The second-order valence-electron chi connectivity index (χ2n) is 7.01. The summed E-state index contributed by atoms with van der Waals surface area (Å²) in [5.41, 5.74) is 2.22. The van der Waals surface area contributed by atoms with E-state index >= 15 is 0 Å². The summed E-state index contributed by atoms with van der Waals surface area (Å²) < 4.78 is 25.0. The second-order valence-corrected chi connectivity index (χ2v) is 9.09. The molecule has 2 aliphatic rings. The lowest BCUT2D eigenvalue weighted by Gasteiger charge is -2.27. The monoisotopic (exact) mass is 420 g/mol. The maximum absolute atomic E-state index is 13.4. The molecular formula is C20H24N2O6S. The van der Waals surface area contributed by atoms with Crippen molar-refractivity contribution in [2.75, 3.05) is 27.0 Å². The number of rotatable bonds is 5. The summed E-state index contributed by atoms with van der Waals surface area (Å²) in [5.74, 6) is -0.745. The molecule has 8 nitrogen and oxygen atoms in total. The van der Waals surface area contributed by atoms with Crippen LogP contribution in [0.1, 0.15) is 47.2 Å². The number of allylic oxidation sites excluding steroid dienone is 2. The molecule has 9 heteroatoms. The Hall–Kier alpha value is -2.52. The Balaban J connectivity index is 2.21. The predicted molar refractivity (Wildman–Crippen MR) is 106 cm³/mol. The van der Waals surface area contributed by atoms with Crippen molar-refractivity contribution in [1.29, 1.82) is 0 Å². The minimum absolute atomic E-state index is 0.0681. The average Bonchev–Trinajstić information content (AvgIpc) is 2.69. The van der Waals surface area contributed by atoms with Crippen molar-refractivity contribution in [3.05, 3.63) is 40.1 Å². The molecule has 29 heavy (non-hydrogen) atoms. The molecule has 0 spiro atoms. The van der Waals surface area contributed by atoms with Crippen molar-refractivity contribution in [3.63, 3.8) is 0 Å². The van der Waals surface area contributed by atoms with E-state index in [0.717, 1.165) is 0 Å². The Morgan fingerprint density at radius 1 is 1.17 bits per heavy atom. The zero-order valence-corrected chi connectivity index (χ0v) is 17.8. The Labute approximate surface area is 170 Å². The van der Waals surface area contributed by atoms with Gasteiger partial charge in [-0.15, -0.1) is 0 Å². The summed E-state index contributed by atoms with van der Waals surface area (Å²) in [6.45, 7) is 1.67. The molecule has 0 atom stereocenters. The van der Waals surface area contributed by atoms with Gasteiger partial charge in [0.2, 0.25) is 0 Å². The molecule has 0 amide bonds. The number of benzene rings is 1. The maximum Gasteiger partial charge on any atom is 0.198 e. The first-order chi connectivity index (χ1) is 13.7. The number of ketones is 2. The van der Waals surface area contributed by atoms with Crippen LogP contribution in [0.4, 0.5) is 0 Å². The normalized spacial score (nSPS) is 19.9. The third-order valence-corrected chi connectivity index (χ3v) is 7.12. The van der Waals surface area contributed by atoms with Crippen LogP contribution in [0.25, 0.3) is 0 Å². The fourth-order valence-corrected chi connectivity index (χ4v) is 5.40. The van der Waals surface area contributed by atoms with Crippen LogP contribution in [0.2, 0.25) is 0 Å². The predicted octanol–water partition coefficient (Wildman–Crippen LogP) is 2.21. The van der Waals surface area contributed by atoms with Crippen LogP contribution in [0, 0.1) is 6.92 Å². The number of carbonyl (C=O) groups is 2. The lowest BCUT2D eigenvalue weighted by Crippen LogP contribution is -2.29. The molecule has 0 unspecified atom stereocenters. The van der Waals surface area contributed by atoms with E-state index < -0.39 is 15.6 Å². The van der Waals surface area contributed by atoms with E-state index in [0.29, 0.717) is 35.4 Å². The Kier molecular flexibility index (Phi) is 5.90. The van der Waals surface area contributed by atoms with Gasteiger partial charge < -0.3 is 4.84 Å². The zero-order valence-electron chi connectivity index (χ0n) is 16.9. The summed E-state index contributed by atoms with van der Waals surface area (Å²) in [6, 6.07) is 2.89. The molecule has 0 fully saturated rings. The van der Waals surface area contributed by atoms with Gasteiger partial charge in [0, 0.05) is 31.0 Å². The third kappa shape index (κ3) is 3.72. The average molecular weight is 420 g/mol. The molecular weight excluding hydrogens is 396 g/mol. The van der Waals surface area contributed by atoms with E-state index in [-0.39, 0.29) is 40.4 Å². The van der Waals surface area contributed by atoms with E-state index in [1.807, 2.05) is 0 Å². The van der Waals surface area contributed by atoms with Gasteiger partial charge in [-0.2, -0.15) is 0 Å². The van der Waals surface area contributed by atoms with Gasteiger partial charge in [0.25, 0.3) is 0 Å². The van der Waals surface area contributed by atoms with Crippen molar-refractivity contribution in [3.8, 4) is 0 Å². The number of fused-ring (bicyclic) bond motifs is 1. The molecule has 3 rings (SSSR count). The first kappa shape index (κ1) is 21.2. The van der Waals surface area contributed by atoms with Crippen molar-refractivity contribution in [1.82, 2.24) is 5.06 Å². The number of hydroxylamine groups is 2. The lowest BCUT2D eigenvalue weighted by molar-refractivity contribution is -0.117. The van der Waals surface area contributed by atoms with Crippen molar-refractivity contribution in [2.24, 2.45) is 5.16 Å². The summed E-state index contributed by atoms with van der Waals surface area (Å²) in [6.07, 6.45) is 1.68. The fourth-order valence-electron chi connectivity index (χ4n) is 3.86. The summed E-state index contributed by atoms with van der Waals surface area (Å²) >= 11 is 0. The first-order valence-corrected chi connectivity index (χ1v) is 10.9. The molecule has 1 aliphatic heterocycles. The van der Waals surface area contributed by atoms with Crippen molar-refractivity contribution in [2.45, 2.75) is 37.5 Å². The van der Waals surface area contributed by atoms with Crippen LogP contribution in [-0.2, 0) is 24.3 Å². The van der Waals surface area contributed by atoms with Crippen LogP contribution >= 0.6 is 0 Å². The molecule has 1 aromatic rings. The molecule has 0 radical (unpaired) electrons. The second kappa shape index (κ2) is 8.08. The van der Waals surface area contributed by atoms with Gasteiger partial charge in [-0.05, 0) is 37.5 Å². The van der Waals surface area contributed by atoms with Gasteiger partial charge in [0.1, 0.15) is 7.11 Å². The van der Waals surface area contributed by atoms with Crippen LogP contribution in [0.5, 0.6) is 0 Å². The molecule has 0 aromatic heterocycles. The molecule has 0 bridgehead atoms. The minimum atomic E-state index is -3.48. The fraction of sp³-hybridized carbons (Fsp3) is 0.450. The van der Waals surface area contributed by atoms with Crippen molar-refractivity contribution >= 4 is 27.1 Å². The maximum atomic E-state index is 13.4. The van der Waals surface area contributed by atoms with Gasteiger partial charge in [0.15, 0.2) is 21.4 Å². The van der Waals surface area contributed by atoms with E-state index in [2.05, 4.69) is 5.16 Å². The van der Waals surface area contributed by atoms with Crippen LogP contribution in [-0.4, -0.2) is 57.8 Å². The Morgan fingerprint density at radius 2 is 1.90 bits per heavy atom. The van der Waals surface area contributed by atoms with Crippen molar-refractivity contribution < 1.29 is 27.7 Å². The first-order valence-electron chi connectivity index (χ1n) is 9.28. The largest absolute Gasteiger partial charge is 0.399 e. The highest BCUT2D eigenvalue weighted by Crippen LogP contribution is 2.33. The number of Topliss-reactive ketones (excluding diaryl/α,β-unsaturated/α-hetero) is 2. The quantitative estimate of drug-likeness (QED) is 0.409. The highest BCUT2D eigenvalue weighted by Gasteiger charge is 2.34. The molecule has 1 aliphatic carbocycles. The summed E-state index contributed by atoms with van der Waals surface area (Å²) in [7, 11) is 1.03. The number of oxime groups is 1. The van der Waals surface area contributed by atoms with Gasteiger partial charge in [-0.3, -0.25) is 19.5 Å². The molecule has 0 saturated carbocycles. The van der Waals surface area contributed by atoms with Crippen LogP contribution in [0.15, 0.2) is 33.5 Å². The molecule has 0 saturated heterocycles. The number of hydrogen-bond donors (Lipinski definition) is 0. The number of carbonyl (C=O) groups excluding carboxylic acids is 2. The zero-order chi connectivity index (χ0) is 21.3. The van der Waals surface area contributed by atoms with Gasteiger partial charge >= 0.3 is 0 Å². The van der Waals surface area contributed by atoms with Crippen LogP contribution in [0.3, 0.4) is 0 Å². The summed E-state index contributed by atoms with van der Waals surface area (Å²) in [4.78, 5) is 36.2. The van der Waals surface area contributed by atoms with E-state index in [9.17, 15) is 18.0 Å². The van der Waals surface area contributed by atoms with Crippen LogP contribution < -0.4 is 0 Å². The smallest absolute Gasteiger partial charge is 0.198 e. The highest BCUT2D eigenvalue weighted by atomic mass is 32.2. The number of nitrogens with zero attached hydrogens (tertiary/aromatic N) is 2. The van der Waals surface area contributed by atoms with Gasteiger partial charge in [0.05, 0.1) is 34.7 Å². The van der Waals surface area contributed by atoms with Gasteiger partial charge in [-0.25, -0.2) is 8.42 Å². The number of sulfone groups is 1. The SMILES string of the molecule is CON=C1CCS(=O)(=O)c2ccc(C(=O)C3=C(N(C)OC)CCCC3=O)c(C)c21.